The number of piperidine rings is 1. The van der Waals surface area contributed by atoms with E-state index >= 15 is 0 Å². The summed E-state index contributed by atoms with van der Waals surface area (Å²) in [4.78, 5) is 53.4. The number of hydrogen-bond acceptors (Lipinski definition) is 7. The first-order valence-electron chi connectivity index (χ1n) is 12.3. The van der Waals surface area contributed by atoms with Crippen LogP contribution in [0.4, 0.5) is 0 Å². The minimum absolute atomic E-state index is 0.0793. The Morgan fingerprint density at radius 3 is 2.56 bits per heavy atom. The van der Waals surface area contributed by atoms with Crippen molar-refractivity contribution >= 4 is 23.6 Å². The van der Waals surface area contributed by atoms with Gasteiger partial charge in [-0.25, -0.2) is 0 Å². The smallest absolute Gasteiger partial charge is 0.266 e. The molecule has 0 aliphatic carbocycles. The van der Waals surface area contributed by atoms with E-state index in [1.807, 2.05) is 12.1 Å². The summed E-state index contributed by atoms with van der Waals surface area (Å²) in [6, 6.07) is 12.6. The van der Waals surface area contributed by atoms with Gasteiger partial charge in [-0.1, -0.05) is 30.3 Å². The van der Waals surface area contributed by atoms with Gasteiger partial charge in [0.25, 0.3) is 11.8 Å². The van der Waals surface area contributed by atoms with Crippen LogP contribution >= 0.6 is 0 Å². The number of ether oxygens (including phenoxy) is 2. The van der Waals surface area contributed by atoms with Crippen molar-refractivity contribution < 1.29 is 28.7 Å². The lowest BCUT2D eigenvalue weighted by Gasteiger charge is -2.27. The van der Waals surface area contributed by atoms with Gasteiger partial charge in [0.2, 0.25) is 11.8 Å². The van der Waals surface area contributed by atoms with Gasteiger partial charge >= 0.3 is 0 Å². The van der Waals surface area contributed by atoms with E-state index < -0.39 is 29.7 Å². The van der Waals surface area contributed by atoms with E-state index in [-0.39, 0.29) is 30.6 Å². The molecule has 3 saturated heterocycles. The summed E-state index contributed by atoms with van der Waals surface area (Å²) in [5, 5.41) is 2.21. The summed E-state index contributed by atoms with van der Waals surface area (Å²) >= 11 is 0. The Kier molecular flexibility index (Phi) is 5.81. The number of benzene rings is 2. The molecule has 4 amide bonds. The Hall–Kier alpha value is -3.56. The van der Waals surface area contributed by atoms with Gasteiger partial charge in [-0.05, 0) is 42.0 Å². The van der Waals surface area contributed by atoms with E-state index in [1.54, 1.807) is 18.2 Å². The van der Waals surface area contributed by atoms with Crippen LogP contribution < -0.4 is 10.1 Å². The van der Waals surface area contributed by atoms with Gasteiger partial charge in [0.05, 0.1) is 24.3 Å². The third-order valence-corrected chi connectivity index (χ3v) is 7.51. The maximum Gasteiger partial charge on any atom is 0.266 e. The summed E-state index contributed by atoms with van der Waals surface area (Å²) in [5.41, 5.74) is 2.54. The SMILES string of the molecule is O=C1CCC(N2C(=O)c3cccc(OCc4ccc(CN5CC6COCC5C6)cc4)c3C2=O)C(=O)N1. The molecule has 3 atom stereocenters. The van der Waals surface area contributed by atoms with Crippen LogP contribution in [0.5, 0.6) is 5.75 Å². The number of rotatable bonds is 6. The van der Waals surface area contributed by atoms with Crippen LogP contribution in [0.3, 0.4) is 0 Å². The lowest BCUT2D eigenvalue weighted by atomic mass is 10.0. The number of imide groups is 2. The highest BCUT2D eigenvalue weighted by molar-refractivity contribution is 6.24. The number of nitrogens with zero attached hydrogens (tertiary/aromatic N) is 2. The number of hydrogen-bond donors (Lipinski definition) is 1. The average molecular weight is 490 g/mol. The van der Waals surface area contributed by atoms with E-state index in [2.05, 4.69) is 22.3 Å². The van der Waals surface area contributed by atoms with Gasteiger partial charge < -0.3 is 9.47 Å². The molecule has 4 aliphatic rings. The summed E-state index contributed by atoms with van der Waals surface area (Å²) in [7, 11) is 0. The van der Waals surface area contributed by atoms with Crippen LogP contribution in [0.1, 0.15) is 51.1 Å². The van der Waals surface area contributed by atoms with Crippen molar-refractivity contribution in [2.75, 3.05) is 19.8 Å². The van der Waals surface area contributed by atoms with Crippen molar-refractivity contribution in [3.8, 4) is 5.75 Å². The quantitative estimate of drug-likeness (QED) is 0.618. The highest BCUT2D eigenvalue weighted by Gasteiger charge is 2.46. The lowest BCUT2D eigenvalue weighted by molar-refractivity contribution is -0.136. The number of likely N-dealkylation sites (tertiary alicyclic amines) is 1. The summed E-state index contributed by atoms with van der Waals surface area (Å²) in [5.74, 6) is -1.21. The standard InChI is InChI=1S/C27H27N3O6/c31-23-9-8-21(25(32)28-23)30-26(33)20-2-1-3-22(24(20)27(30)34)36-14-17-6-4-16(5-7-17)11-29-12-18-10-19(29)15-35-13-18/h1-7,18-19,21H,8-15H2,(H,28,31,32). The molecule has 6 rings (SSSR count). The second-order valence-electron chi connectivity index (χ2n) is 9.95. The predicted molar refractivity (Wildman–Crippen MR) is 127 cm³/mol. The Labute approximate surface area is 208 Å². The second kappa shape index (κ2) is 9.15. The maximum atomic E-state index is 13.2. The van der Waals surface area contributed by atoms with Crippen molar-refractivity contribution in [2.24, 2.45) is 5.92 Å². The first-order valence-corrected chi connectivity index (χ1v) is 12.3. The van der Waals surface area contributed by atoms with Gasteiger partial charge in [0.1, 0.15) is 18.4 Å². The molecule has 1 N–H and O–H groups in total. The molecule has 0 aromatic heterocycles. The number of carbonyl (C=O) groups excluding carboxylic acids is 4. The highest BCUT2D eigenvalue weighted by Crippen LogP contribution is 2.34. The normalized spacial score (nSPS) is 25.8. The maximum absolute atomic E-state index is 13.2. The lowest BCUT2D eigenvalue weighted by Crippen LogP contribution is -2.54. The molecule has 0 radical (unpaired) electrons. The van der Waals surface area contributed by atoms with E-state index in [1.165, 1.54) is 12.0 Å². The third kappa shape index (κ3) is 4.08. The fraction of sp³-hybridized carbons (Fsp3) is 0.407. The minimum Gasteiger partial charge on any atom is -0.488 e. The summed E-state index contributed by atoms with van der Waals surface area (Å²) < 4.78 is 11.7. The Bertz CT molecular complexity index is 1240. The molecule has 3 unspecified atom stereocenters. The van der Waals surface area contributed by atoms with Crippen LogP contribution in [0.2, 0.25) is 0 Å². The first-order chi connectivity index (χ1) is 17.5. The molecule has 9 heteroatoms. The average Bonchev–Trinajstić information content (AvgIpc) is 3.30. The van der Waals surface area contributed by atoms with Crippen molar-refractivity contribution in [3.05, 3.63) is 64.7 Å². The molecule has 9 nitrogen and oxygen atoms in total. The van der Waals surface area contributed by atoms with Crippen LogP contribution in [-0.4, -0.2) is 65.3 Å². The molecule has 0 saturated carbocycles. The van der Waals surface area contributed by atoms with E-state index in [0.717, 1.165) is 36.8 Å². The second-order valence-corrected chi connectivity index (χ2v) is 9.95. The van der Waals surface area contributed by atoms with Crippen LogP contribution in [0.15, 0.2) is 42.5 Å². The minimum atomic E-state index is -1.00. The zero-order valence-electron chi connectivity index (χ0n) is 19.8. The molecule has 2 aromatic rings. The van der Waals surface area contributed by atoms with Gasteiger partial charge in [0.15, 0.2) is 0 Å². The summed E-state index contributed by atoms with van der Waals surface area (Å²) in [6.07, 6.45) is 1.41. The zero-order chi connectivity index (χ0) is 24.8. The Morgan fingerprint density at radius 2 is 1.78 bits per heavy atom. The third-order valence-electron chi connectivity index (χ3n) is 7.51. The van der Waals surface area contributed by atoms with E-state index in [4.69, 9.17) is 9.47 Å². The van der Waals surface area contributed by atoms with Crippen molar-refractivity contribution in [1.82, 2.24) is 15.1 Å². The Balaban J connectivity index is 1.13. The molecule has 2 bridgehead atoms. The van der Waals surface area contributed by atoms with Crippen LogP contribution in [0, 0.1) is 5.92 Å². The molecule has 3 fully saturated rings. The predicted octanol–water partition coefficient (Wildman–Crippen LogP) is 1.89. The zero-order valence-corrected chi connectivity index (χ0v) is 19.8. The molecule has 36 heavy (non-hydrogen) atoms. The topological polar surface area (TPSA) is 105 Å². The van der Waals surface area contributed by atoms with Gasteiger partial charge in [0, 0.05) is 25.6 Å². The molecule has 4 aliphatic heterocycles. The van der Waals surface area contributed by atoms with Gasteiger partial charge in [-0.3, -0.25) is 34.3 Å². The fourth-order valence-corrected chi connectivity index (χ4v) is 5.69. The van der Waals surface area contributed by atoms with Gasteiger partial charge in [-0.15, -0.1) is 0 Å². The largest absolute Gasteiger partial charge is 0.488 e. The molecular formula is C27H27N3O6. The molecular weight excluding hydrogens is 462 g/mol. The summed E-state index contributed by atoms with van der Waals surface area (Å²) in [6.45, 7) is 3.89. The van der Waals surface area contributed by atoms with Gasteiger partial charge in [-0.2, -0.15) is 0 Å². The monoisotopic (exact) mass is 489 g/mol. The van der Waals surface area contributed by atoms with E-state index in [0.29, 0.717) is 17.7 Å². The molecule has 0 spiro atoms. The number of fused-ring (bicyclic) bond motifs is 3. The first kappa shape index (κ1) is 22.9. The number of carbonyl (C=O) groups is 4. The number of amides is 4. The molecule has 2 aromatic carbocycles. The van der Waals surface area contributed by atoms with Crippen LogP contribution in [-0.2, 0) is 27.5 Å². The molecule has 186 valence electrons. The Morgan fingerprint density at radius 1 is 0.972 bits per heavy atom. The molecule has 4 heterocycles. The van der Waals surface area contributed by atoms with Crippen LogP contribution in [0.25, 0.3) is 0 Å². The van der Waals surface area contributed by atoms with Crippen molar-refractivity contribution in [3.63, 3.8) is 0 Å². The van der Waals surface area contributed by atoms with Crippen molar-refractivity contribution in [1.29, 1.82) is 0 Å². The van der Waals surface area contributed by atoms with Crippen molar-refractivity contribution in [2.45, 2.75) is 44.5 Å². The van der Waals surface area contributed by atoms with E-state index in [9.17, 15) is 19.2 Å². The number of nitrogens with one attached hydrogen (secondary N) is 1. The highest BCUT2D eigenvalue weighted by atomic mass is 16.5. The fourth-order valence-electron chi connectivity index (χ4n) is 5.69.